The van der Waals surface area contributed by atoms with Gasteiger partial charge in [-0.05, 0) is 30.4 Å². The lowest BCUT2D eigenvalue weighted by atomic mass is 10.0. The van der Waals surface area contributed by atoms with Crippen molar-refractivity contribution in [2.24, 2.45) is 0 Å². The Balaban J connectivity index is 1.44. The van der Waals surface area contributed by atoms with E-state index in [0.29, 0.717) is 26.2 Å². The van der Waals surface area contributed by atoms with Crippen LogP contribution in [0.5, 0.6) is 0 Å². The van der Waals surface area contributed by atoms with Gasteiger partial charge in [0.25, 0.3) is 0 Å². The van der Waals surface area contributed by atoms with Gasteiger partial charge >= 0.3 is 0 Å². The lowest BCUT2D eigenvalue weighted by Crippen LogP contribution is -2.46. The Hall–Kier alpha value is -2.43. The number of amides is 1. The van der Waals surface area contributed by atoms with Crippen molar-refractivity contribution in [3.8, 4) is 0 Å². The predicted molar refractivity (Wildman–Crippen MR) is 113 cm³/mol. The molecular weight excluding hydrogens is 348 g/mol. The van der Waals surface area contributed by atoms with E-state index >= 15 is 0 Å². The molecule has 1 N–H and O–H groups in total. The van der Waals surface area contributed by atoms with Gasteiger partial charge in [-0.15, -0.1) is 0 Å². The van der Waals surface area contributed by atoms with E-state index < -0.39 is 0 Å². The average molecular weight is 379 g/mol. The number of nitrogens with zero attached hydrogens (tertiary/aromatic N) is 1. The molecule has 2 aromatic carbocycles. The topological polar surface area (TPSA) is 41.6 Å². The molecule has 2 aromatic rings. The van der Waals surface area contributed by atoms with E-state index in [0.717, 1.165) is 25.9 Å². The van der Waals surface area contributed by atoms with Gasteiger partial charge in [0.15, 0.2) is 0 Å². The van der Waals surface area contributed by atoms with Crippen molar-refractivity contribution in [2.45, 2.75) is 31.9 Å². The number of likely N-dealkylation sites (tertiary alicyclic amines) is 1. The molecule has 0 spiro atoms. The second-order valence-electron chi connectivity index (χ2n) is 7.16. The molecule has 4 nitrogen and oxygen atoms in total. The third-order valence-corrected chi connectivity index (χ3v) is 4.97. The molecule has 0 bridgehead atoms. The number of hydrogen-bond acceptors (Lipinski definition) is 3. The summed E-state index contributed by atoms with van der Waals surface area (Å²) in [6.45, 7) is 3.61. The van der Waals surface area contributed by atoms with Crippen molar-refractivity contribution < 1.29 is 9.53 Å². The highest BCUT2D eigenvalue weighted by molar-refractivity contribution is 5.82. The summed E-state index contributed by atoms with van der Waals surface area (Å²) >= 11 is 0. The van der Waals surface area contributed by atoms with Crippen LogP contribution in [0.1, 0.15) is 24.0 Å². The molecule has 148 valence electrons. The summed E-state index contributed by atoms with van der Waals surface area (Å²) in [4.78, 5) is 14.9. The molecule has 1 unspecified atom stereocenters. The number of rotatable bonds is 10. The molecule has 1 amide bonds. The van der Waals surface area contributed by atoms with Crippen molar-refractivity contribution in [3.05, 3.63) is 83.9 Å². The smallest absolute Gasteiger partial charge is 0.240 e. The number of hydrogen-bond donors (Lipinski definition) is 1. The van der Waals surface area contributed by atoms with Crippen molar-refractivity contribution in [1.82, 2.24) is 10.2 Å². The highest BCUT2D eigenvalue weighted by Crippen LogP contribution is 2.12. The summed E-state index contributed by atoms with van der Waals surface area (Å²) in [6.07, 6.45) is 7.00. The van der Waals surface area contributed by atoms with E-state index in [-0.39, 0.29) is 11.9 Å². The molecular formula is C24H30N2O2. The molecule has 1 fully saturated rings. The summed E-state index contributed by atoms with van der Waals surface area (Å²) < 4.78 is 5.66. The maximum Gasteiger partial charge on any atom is 0.240 e. The zero-order valence-electron chi connectivity index (χ0n) is 16.4. The molecule has 0 radical (unpaired) electrons. The highest BCUT2D eigenvalue weighted by Gasteiger charge is 2.25. The zero-order valence-corrected chi connectivity index (χ0v) is 16.4. The van der Waals surface area contributed by atoms with E-state index in [9.17, 15) is 4.79 Å². The first-order chi connectivity index (χ1) is 13.8. The fourth-order valence-corrected chi connectivity index (χ4v) is 3.44. The van der Waals surface area contributed by atoms with Crippen LogP contribution in [-0.4, -0.2) is 43.1 Å². The van der Waals surface area contributed by atoms with E-state index in [1.807, 2.05) is 53.5 Å². The molecule has 1 atom stereocenters. The maximum atomic E-state index is 12.9. The first-order valence-electron chi connectivity index (χ1n) is 10.2. The van der Waals surface area contributed by atoms with Crippen LogP contribution < -0.4 is 5.32 Å². The van der Waals surface area contributed by atoms with Crippen LogP contribution in [0.4, 0.5) is 0 Å². The zero-order chi connectivity index (χ0) is 19.4. The lowest BCUT2D eigenvalue weighted by molar-refractivity contribution is -0.132. The van der Waals surface area contributed by atoms with Crippen LogP contribution >= 0.6 is 0 Å². The molecule has 1 saturated heterocycles. The molecule has 1 heterocycles. The molecule has 3 rings (SSSR count). The molecule has 0 saturated carbocycles. The van der Waals surface area contributed by atoms with Crippen molar-refractivity contribution in [3.63, 3.8) is 0 Å². The second-order valence-corrected chi connectivity index (χ2v) is 7.16. The van der Waals surface area contributed by atoms with Crippen molar-refractivity contribution in [1.29, 1.82) is 0 Å². The van der Waals surface area contributed by atoms with Gasteiger partial charge in [-0.2, -0.15) is 0 Å². The molecule has 1 aliphatic heterocycles. The minimum Gasteiger partial charge on any atom is -0.373 e. The highest BCUT2D eigenvalue weighted by atomic mass is 16.5. The number of carbonyl (C=O) groups excluding carboxylic acids is 1. The Morgan fingerprint density at radius 3 is 2.29 bits per heavy atom. The fraction of sp³-hybridized carbons (Fsp3) is 0.375. The Morgan fingerprint density at radius 2 is 1.61 bits per heavy atom. The van der Waals surface area contributed by atoms with Crippen LogP contribution in [0.3, 0.4) is 0 Å². The van der Waals surface area contributed by atoms with Gasteiger partial charge < -0.3 is 15.0 Å². The van der Waals surface area contributed by atoms with Crippen LogP contribution in [0, 0.1) is 0 Å². The van der Waals surface area contributed by atoms with E-state index in [1.54, 1.807) is 0 Å². The molecule has 0 aromatic heterocycles. The first kappa shape index (κ1) is 20.3. The molecule has 4 heteroatoms. The predicted octanol–water partition coefficient (Wildman–Crippen LogP) is 3.58. The van der Waals surface area contributed by atoms with Gasteiger partial charge in [0, 0.05) is 19.6 Å². The Labute approximate surface area is 168 Å². The molecule has 0 aliphatic carbocycles. The third-order valence-electron chi connectivity index (χ3n) is 4.97. The molecule has 1 aliphatic rings. The Kier molecular flexibility index (Phi) is 8.28. The Morgan fingerprint density at radius 1 is 0.964 bits per heavy atom. The number of carbonyl (C=O) groups is 1. The maximum absolute atomic E-state index is 12.9. The SMILES string of the molecule is O=C(C(Cc1ccccc1)NC/C=C\COCc1ccccc1)N1CCCC1. The number of ether oxygens (including phenoxy) is 1. The van der Waals surface area contributed by atoms with E-state index in [1.165, 1.54) is 11.1 Å². The van der Waals surface area contributed by atoms with E-state index in [2.05, 4.69) is 29.6 Å². The summed E-state index contributed by atoms with van der Waals surface area (Å²) in [5, 5.41) is 3.42. The average Bonchev–Trinajstić information content (AvgIpc) is 3.28. The van der Waals surface area contributed by atoms with Crippen molar-refractivity contribution in [2.75, 3.05) is 26.2 Å². The first-order valence-corrected chi connectivity index (χ1v) is 10.2. The fourth-order valence-electron chi connectivity index (χ4n) is 3.44. The lowest BCUT2D eigenvalue weighted by Gasteiger charge is -2.24. The van der Waals surface area contributed by atoms with Crippen LogP contribution in [-0.2, 0) is 22.6 Å². The quantitative estimate of drug-likeness (QED) is 0.507. The standard InChI is InChI=1S/C24H30N2O2/c27-24(26-16-8-9-17-26)23(19-21-11-3-1-4-12-21)25-15-7-10-18-28-20-22-13-5-2-6-14-22/h1-7,10-14,23,25H,8-9,15-20H2/b10-7-. The third kappa shape index (κ3) is 6.63. The Bertz CT molecular complexity index is 725. The van der Waals surface area contributed by atoms with Crippen LogP contribution in [0.25, 0.3) is 0 Å². The summed E-state index contributed by atoms with van der Waals surface area (Å²) in [7, 11) is 0. The van der Waals surface area contributed by atoms with E-state index in [4.69, 9.17) is 4.74 Å². The monoisotopic (exact) mass is 378 g/mol. The van der Waals surface area contributed by atoms with Crippen LogP contribution in [0.2, 0.25) is 0 Å². The van der Waals surface area contributed by atoms with Gasteiger partial charge in [0.1, 0.15) is 0 Å². The molecule has 28 heavy (non-hydrogen) atoms. The van der Waals surface area contributed by atoms with Gasteiger partial charge in [0.05, 0.1) is 19.3 Å². The van der Waals surface area contributed by atoms with Gasteiger partial charge in [-0.25, -0.2) is 0 Å². The minimum atomic E-state index is -0.185. The van der Waals surface area contributed by atoms with Crippen molar-refractivity contribution >= 4 is 5.91 Å². The van der Waals surface area contributed by atoms with Gasteiger partial charge in [-0.3, -0.25) is 4.79 Å². The number of nitrogens with one attached hydrogen (secondary N) is 1. The second kappa shape index (κ2) is 11.4. The largest absolute Gasteiger partial charge is 0.373 e. The number of benzene rings is 2. The summed E-state index contributed by atoms with van der Waals surface area (Å²) in [5.41, 5.74) is 2.36. The summed E-state index contributed by atoms with van der Waals surface area (Å²) in [6, 6.07) is 20.2. The summed E-state index contributed by atoms with van der Waals surface area (Å²) in [5.74, 6) is 0.218. The minimum absolute atomic E-state index is 0.185. The normalized spacial score (nSPS) is 15.2. The van der Waals surface area contributed by atoms with Gasteiger partial charge in [0.2, 0.25) is 5.91 Å². The van der Waals surface area contributed by atoms with Gasteiger partial charge in [-0.1, -0.05) is 72.8 Å². The van der Waals surface area contributed by atoms with Crippen LogP contribution in [0.15, 0.2) is 72.8 Å².